The molecule has 0 aromatic carbocycles. The van der Waals surface area contributed by atoms with Crippen LogP contribution in [0.2, 0.25) is 0 Å². The van der Waals surface area contributed by atoms with Gasteiger partial charge in [0.15, 0.2) is 0 Å². The molecule has 0 heterocycles. The summed E-state index contributed by atoms with van der Waals surface area (Å²) in [6, 6.07) is 0. The average molecular weight is 146 g/mol. The van der Waals surface area contributed by atoms with E-state index < -0.39 is 0 Å². The van der Waals surface area contributed by atoms with Crippen molar-refractivity contribution < 1.29 is 5.11 Å². The van der Waals surface area contributed by atoms with Crippen LogP contribution in [0.1, 0.15) is 13.3 Å². The molecule has 1 nitrogen and oxygen atoms in total. The Morgan fingerprint density at radius 3 is 2.82 bits per heavy atom. The molecule has 0 amide bonds. The fourth-order valence-electron chi connectivity index (χ4n) is 0.383. The molecule has 0 spiro atoms. The molecule has 0 bridgehead atoms. The Kier molecular flexibility index (Phi) is 7.51. The van der Waals surface area contributed by atoms with E-state index in [1.165, 1.54) is 0 Å². The fraction of sp³-hybridized carbons (Fsp3) is 0.300. The van der Waals surface area contributed by atoms with Gasteiger partial charge in [0.05, 0.1) is 0 Å². The number of hydrogen-bond donors (Lipinski definition) is 1. The van der Waals surface area contributed by atoms with E-state index in [4.69, 9.17) is 5.11 Å². The molecule has 0 aliphatic carbocycles. The number of hydrogen-bond acceptors (Lipinski definition) is 1. The maximum atomic E-state index is 8.36. The molecule has 0 fully saturated rings. The van der Waals surface area contributed by atoms with Gasteiger partial charge in [-0.1, -0.05) is 11.8 Å². The van der Waals surface area contributed by atoms with Gasteiger partial charge >= 0.3 is 0 Å². The van der Waals surface area contributed by atoms with Crippen molar-refractivity contribution in [2.45, 2.75) is 13.3 Å². The first-order chi connectivity index (χ1) is 5.41. The molecule has 0 saturated heterocycles. The molecule has 0 radical (unpaired) electrons. The summed E-state index contributed by atoms with van der Waals surface area (Å²) in [4.78, 5) is 0. The molecule has 0 atom stereocenters. The van der Waals surface area contributed by atoms with Gasteiger partial charge in [-0.15, -0.1) is 5.73 Å². The molecule has 0 aromatic heterocycles. The van der Waals surface area contributed by atoms with Crippen LogP contribution in [0.3, 0.4) is 0 Å². The Hall–Kier alpha value is -1.40. The zero-order valence-electron chi connectivity index (χ0n) is 6.52. The third kappa shape index (κ3) is 8.60. The Morgan fingerprint density at radius 1 is 1.36 bits per heavy atom. The van der Waals surface area contributed by atoms with Gasteiger partial charge in [0, 0.05) is 12.7 Å². The summed E-state index contributed by atoms with van der Waals surface area (Å²) < 4.78 is 0. The lowest BCUT2D eigenvalue weighted by Gasteiger charge is -1.74. The van der Waals surface area contributed by atoms with Gasteiger partial charge in [-0.25, -0.2) is 0 Å². The Bertz CT molecular complexity index is 259. The van der Waals surface area contributed by atoms with Crippen molar-refractivity contribution in [1.29, 1.82) is 0 Å². The summed E-state index contributed by atoms with van der Waals surface area (Å²) in [5.41, 5.74) is 2.79. The summed E-state index contributed by atoms with van der Waals surface area (Å²) in [5, 5.41) is 8.36. The lowest BCUT2D eigenvalue weighted by atomic mass is 10.4. The predicted molar refractivity (Wildman–Crippen MR) is 45.6 cm³/mol. The van der Waals surface area contributed by atoms with Crippen molar-refractivity contribution in [1.82, 2.24) is 0 Å². The average Bonchev–Trinajstić information content (AvgIpc) is 2.03. The highest BCUT2D eigenvalue weighted by atomic mass is 16.2. The predicted octanol–water partition coefficient (Wildman–Crippen LogP) is 1.11. The molecule has 0 unspecified atom stereocenters. The van der Waals surface area contributed by atoms with E-state index in [1.54, 1.807) is 19.1 Å². The smallest absolute Gasteiger partial charge is 0.0471 e. The Morgan fingerprint density at radius 2 is 2.18 bits per heavy atom. The molecule has 0 aliphatic heterocycles. The molecule has 1 N–H and O–H groups in total. The minimum atomic E-state index is 0.156. The zero-order valence-corrected chi connectivity index (χ0v) is 6.52. The van der Waals surface area contributed by atoms with Gasteiger partial charge in [-0.05, 0) is 31.3 Å². The Labute approximate surface area is 67.4 Å². The van der Waals surface area contributed by atoms with Gasteiger partial charge < -0.3 is 5.11 Å². The van der Waals surface area contributed by atoms with E-state index in [1.807, 2.05) is 0 Å². The third-order valence-corrected chi connectivity index (χ3v) is 0.806. The summed E-state index contributed by atoms with van der Waals surface area (Å²) in [6.45, 7) is 1.89. The largest absolute Gasteiger partial charge is 0.396 e. The highest BCUT2D eigenvalue weighted by Crippen LogP contribution is 1.75. The van der Waals surface area contributed by atoms with E-state index in [-0.39, 0.29) is 6.61 Å². The van der Waals surface area contributed by atoms with Crippen molar-refractivity contribution in [2.24, 2.45) is 0 Å². The maximum absolute atomic E-state index is 8.36. The molecule has 0 aliphatic rings. The second kappa shape index (κ2) is 8.60. The van der Waals surface area contributed by atoms with Gasteiger partial charge in [-0.2, -0.15) is 0 Å². The van der Waals surface area contributed by atoms with Crippen LogP contribution >= 0.6 is 0 Å². The zero-order chi connectivity index (χ0) is 8.36. The van der Waals surface area contributed by atoms with Crippen LogP contribution in [-0.2, 0) is 0 Å². The lowest BCUT2D eigenvalue weighted by Crippen LogP contribution is -1.72. The minimum Gasteiger partial charge on any atom is -0.396 e. The molecule has 0 aromatic rings. The van der Waals surface area contributed by atoms with Crippen LogP contribution in [0.15, 0.2) is 17.9 Å². The molecule has 1 heteroatoms. The first-order valence-electron chi connectivity index (χ1n) is 3.34. The van der Waals surface area contributed by atoms with E-state index >= 15 is 0 Å². The quantitative estimate of drug-likeness (QED) is 0.457. The van der Waals surface area contributed by atoms with Crippen LogP contribution in [0.4, 0.5) is 0 Å². The van der Waals surface area contributed by atoms with Crippen LogP contribution in [0, 0.1) is 23.7 Å². The lowest BCUT2D eigenvalue weighted by molar-refractivity contribution is 0.302. The molecular formula is C10H10O. The first-order valence-corrected chi connectivity index (χ1v) is 3.34. The topological polar surface area (TPSA) is 20.2 Å². The summed E-state index contributed by atoms with van der Waals surface area (Å²) >= 11 is 0. The Balaban J connectivity index is 3.75. The van der Waals surface area contributed by atoms with Crippen LogP contribution in [0.5, 0.6) is 0 Å². The van der Waals surface area contributed by atoms with E-state index in [0.717, 1.165) is 0 Å². The summed E-state index contributed by atoms with van der Waals surface area (Å²) in [6.07, 6.45) is 3.94. The molecule has 0 saturated carbocycles. The molecule has 56 valence electrons. The second-order valence-electron chi connectivity index (χ2n) is 1.67. The van der Waals surface area contributed by atoms with E-state index in [2.05, 4.69) is 29.4 Å². The van der Waals surface area contributed by atoms with Crippen molar-refractivity contribution in [2.75, 3.05) is 6.61 Å². The highest BCUT2D eigenvalue weighted by Gasteiger charge is 1.66. The molecular weight excluding hydrogens is 136 g/mol. The monoisotopic (exact) mass is 146 g/mol. The maximum Gasteiger partial charge on any atom is 0.0471 e. The number of aliphatic hydroxyl groups excluding tert-OH is 1. The van der Waals surface area contributed by atoms with E-state index in [0.29, 0.717) is 6.42 Å². The normalized spacial score (nSPS) is 6.00. The fourth-order valence-corrected chi connectivity index (χ4v) is 0.383. The van der Waals surface area contributed by atoms with Crippen molar-refractivity contribution in [3.63, 3.8) is 0 Å². The standard InChI is InChI=1S/C10H10O/c1-2-3-4-5-6-7-8-9-10-11/h6,8,11H,9-10H2,1H3. The summed E-state index contributed by atoms with van der Waals surface area (Å²) in [5.74, 6) is 10.5. The van der Waals surface area contributed by atoms with Crippen molar-refractivity contribution in [3.8, 4) is 23.7 Å². The summed E-state index contributed by atoms with van der Waals surface area (Å²) in [7, 11) is 0. The van der Waals surface area contributed by atoms with Gasteiger partial charge in [0.25, 0.3) is 0 Å². The number of aliphatic hydroxyl groups is 1. The van der Waals surface area contributed by atoms with Gasteiger partial charge in [-0.3, -0.25) is 0 Å². The third-order valence-electron chi connectivity index (χ3n) is 0.806. The van der Waals surface area contributed by atoms with Crippen LogP contribution < -0.4 is 0 Å². The SMILES string of the molecule is CC#CC#CC=C=CCCO. The van der Waals surface area contributed by atoms with Gasteiger partial charge in [0.2, 0.25) is 0 Å². The number of rotatable bonds is 2. The molecule has 0 rings (SSSR count). The van der Waals surface area contributed by atoms with Crippen molar-refractivity contribution in [3.05, 3.63) is 17.9 Å². The van der Waals surface area contributed by atoms with Crippen LogP contribution in [-0.4, -0.2) is 11.7 Å². The highest BCUT2D eigenvalue weighted by molar-refractivity contribution is 5.29. The van der Waals surface area contributed by atoms with Crippen molar-refractivity contribution >= 4 is 0 Å². The van der Waals surface area contributed by atoms with E-state index in [9.17, 15) is 0 Å². The molecule has 11 heavy (non-hydrogen) atoms. The minimum absolute atomic E-state index is 0.156. The van der Waals surface area contributed by atoms with Crippen LogP contribution in [0.25, 0.3) is 0 Å². The second-order valence-corrected chi connectivity index (χ2v) is 1.67. The first kappa shape index (κ1) is 9.60. The van der Waals surface area contributed by atoms with Gasteiger partial charge in [0.1, 0.15) is 0 Å².